The molecule has 0 unspecified atom stereocenters. The molecule has 0 fully saturated rings. The standard InChI is InChI=1S/C6H7O.3C4H9.Sn/c1-6-3-2-4-7-5-6;3*1-3-4-2;/h2H,1,4-5H2;3*1,3-4H2,2H3;. The Bertz CT molecular complexity index is 298. The van der Waals surface area contributed by atoms with Crippen LogP contribution in [0.3, 0.4) is 0 Å². The van der Waals surface area contributed by atoms with Crippen molar-refractivity contribution in [1.82, 2.24) is 0 Å². The average molecular weight is 385 g/mol. The number of rotatable bonds is 10. The molecule has 2 heteroatoms. The Labute approximate surface area is 130 Å². The molecule has 0 atom stereocenters. The zero-order valence-corrected chi connectivity index (χ0v) is 16.8. The first-order chi connectivity index (χ1) is 9.70. The van der Waals surface area contributed by atoms with E-state index in [9.17, 15) is 0 Å². The molecule has 0 saturated carbocycles. The number of hydrogen-bond donors (Lipinski definition) is 0. The molecule has 1 nitrogen and oxygen atoms in total. The summed E-state index contributed by atoms with van der Waals surface area (Å²) in [5.41, 5.74) is 1.33. The topological polar surface area (TPSA) is 9.23 Å². The summed E-state index contributed by atoms with van der Waals surface area (Å²) < 4.78 is 11.9. The molecule has 20 heavy (non-hydrogen) atoms. The molecule has 0 aromatic rings. The fourth-order valence-corrected chi connectivity index (χ4v) is 20.6. The van der Waals surface area contributed by atoms with Gasteiger partial charge < -0.3 is 0 Å². The average Bonchev–Trinajstić information content (AvgIpc) is 2.48. The first kappa shape index (κ1) is 18.3. The van der Waals surface area contributed by atoms with Crippen molar-refractivity contribution in [1.29, 1.82) is 0 Å². The summed E-state index contributed by atoms with van der Waals surface area (Å²) in [4.78, 5) is 0. The van der Waals surface area contributed by atoms with Gasteiger partial charge in [-0.2, -0.15) is 0 Å². The molecular weight excluding hydrogens is 351 g/mol. The first-order valence-electron chi connectivity index (χ1n) is 8.66. The fourth-order valence-electron chi connectivity index (χ4n) is 3.46. The third-order valence-electron chi connectivity index (χ3n) is 4.66. The van der Waals surface area contributed by atoms with E-state index in [0.717, 1.165) is 13.2 Å². The summed E-state index contributed by atoms with van der Waals surface area (Å²) in [6.45, 7) is 13.0. The maximum atomic E-state index is 5.58. The summed E-state index contributed by atoms with van der Waals surface area (Å²) in [7, 11) is 0. The van der Waals surface area contributed by atoms with E-state index in [1.807, 2.05) is 0 Å². The first-order valence-corrected chi connectivity index (χ1v) is 16.1. The summed E-state index contributed by atoms with van der Waals surface area (Å²) in [5, 5.41) is 0. The minimum atomic E-state index is -2.22. The van der Waals surface area contributed by atoms with Crippen LogP contribution in [0.2, 0.25) is 13.3 Å². The Morgan fingerprint density at radius 2 is 1.50 bits per heavy atom. The van der Waals surface area contributed by atoms with Gasteiger partial charge in [-0.05, 0) is 0 Å². The molecule has 1 aliphatic rings. The Kier molecular flexibility index (Phi) is 9.19. The summed E-state index contributed by atoms with van der Waals surface area (Å²) in [6, 6.07) is 0. The molecule has 0 aromatic carbocycles. The van der Waals surface area contributed by atoms with E-state index < -0.39 is 18.4 Å². The van der Waals surface area contributed by atoms with Crippen LogP contribution >= 0.6 is 0 Å². The van der Waals surface area contributed by atoms with Gasteiger partial charge in [0.2, 0.25) is 0 Å². The van der Waals surface area contributed by atoms with Crippen LogP contribution in [-0.4, -0.2) is 31.6 Å². The SMILES string of the molecule is C=C1COCC=[C]1[Sn]([CH2]CCC)([CH2]CCC)[CH2]CCC. The van der Waals surface area contributed by atoms with Crippen molar-refractivity contribution in [2.45, 2.75) is 72.6 Å². The van der Waals surface area contributed by atoms with Crippen LogP contribution in [0.1, 0.15) is 59.3 Å². The van der Waals surface area contributed by atoms with Crippen LogP contribution in [-0.2, 0) is 4.74 Å². The van der Waals surface area contributed by atoms with Gasteiger partial charge in [-0.25, -0.2) is 0 Å². The van der Waals surface area contributed by atoms with Crippen LogP contribution in [0.4, 0.5) is 0 Å². The second-order valence-electron chi connectivity index (χ2n) is 6.33. The second kappa shape index (κ2) is 10.0. The second-order valence-corrected chi connectivity index (χ2v) is 19.5. The minimum absolute atomic E-state index is 0.787. The van der Waals surface area contributed by atoms with E-state index in [4.69, 9.17) is 4.74 Å². The van der Waals surface area contributed by atoms with Gasteiger partial charge in [0.1, 0.15) is 0 Å². The van der Waals surface area contributed by atoms with E-state index >= 15 is 0 Å². The maximum absolute atomic E-state index is 5.58. The van der Waals surface area contributed by atoms with Crippen molar-refractivity contribution in [2.24, 2.45) is 0 Å². The Morgan fingerprint density at radius 3 is 1.90 bits per heavy atom. The molecule has 0 radical (unpaired) electrons. The molecule has 0 N–H and O–H groups in total. The third-order valence-corrected chi connectivity index (χ3v) is 20.7. The van der Waals surface area contributed by atoms with Crippen LogP contribution in [0.5, 0.6) is 0 Å². The Balaban J connectivity index is 2.97. The van der Waals surface area contributed by atoms with Crippen molar-refractivity contribution in [3.05, 3.63) is 21.8 Å². The van der Waals surface area contributed by atoms with Crippen molar-refractivity contribution in [3.8, 4) is 0 Å². The number of unbranched alkanes of at least 4 members (excludes halogenated alkanes) is 3. The predicted molar refractivity (Wildman–Crippen MR) is 92.9 cm³/mol. The van der Waals surface area contributed by atoms with Gasteiger partial charge in [-0.1, -0.05) is 0 Å². The van der Waals surface area contributed by atoms with E-state index in [1.165, 1.54) is 57.4 Å². The molecule has 116 valence electrons. The summed E-state index contributed by atoms with van der Waals surface area (Å²) >= 11 is -2.22. The number of hydrogen-bond acceptors (Lipinski definition) is 1. The molecule has 0 spiro atoms. The van der Waals surface area contributed by atoms with Crippen molar-refractivity contribution in [2.75, 3.05) is 13.2 Å². The molecule has 0 aromatic heterocycles. The molecule has 1 aliphatic heterocycles. The van der Waals surface area contributed by atoms with Gasteiger partial charge in [0, 0.05) is 0 Å². The molecule has 0 bridgehead atoms. The molecule has 1 rings (SSSR count). The van der Waals surface area contributed by atoms with Crippen molar-refractivity contribution >= 4 is 18.4 Å². The molecule has 0 amide bonds. The monoisotopic (exact) mass is 386 g/mol. The molecule has 1 heterocycles. The Morgan fingerprint density at radius 1 is 1.00 bits per heavy atom. The normalized spacial score (nSPS) is 16.4. The van der Waals surface area contributed by atoms with Crippen LogP contribution in [0.25, 0.3) is 0 Å². The van der Waals surface area contributed by atoms with Gasteiger partial charge >= 0.3 is 131 Å². The van der Waals surface area contributed by atoms with Crippen LogP contribution in [0, 0.1) is 0 Å². The zero-order valence-electron chi connectivity index (χ0n) is 14.0. The van der Waals surface area contributed by atoms with E-state index in [0.29, 0.717) is 0 Å². The fraction of sp³-hybridized carbons (Fsp3) is 0.778. The molecular formula is C18H34OSn. The van der Waals surface area contributed by atoms with Gasteiger partial charge in [0.15, 0.2) is 0 Å². The third kappa shape index (κ3) is 5.21. The predicted octanol–water partition coefficient (Wildman–Crippen LogP) is 5.89. The van der Waals surface area contributed by atoms with Gasteiger partial charge in [-0.15, -0.1) is 0 Å². The zero-order chi connectivity index (χ0) is 14.8. The van der Waals surface area contributed by atoms with Crippen molar-refractivity contribution < 1.29 is 4.74 Å². The van der Waals surface area contributed by atoms with E-state index in [-0.39, 0.29) is 0 Å². The summed E-state index contributed by atoms with van der Waals surface area (Å²) in [5.74, 6) is 0. The van der Waals surface area contributed by atoms with Crippen LogP contribution in [0.15, 0.2) is 21.8 Å². The summed E-state index contributed by atoms with van der Waals surface area (Å²) in [6.07, 6.45) is 10.7. The van der Waals surface area contributed by atoms with E-state index in [1.54, 1.807) is 3.59 Å². The van der Waals surface area contributed by atoms with E-state index in [2.05, 4.69) is 33.4 Å². The van der Waals surface area contributed by atoms with Gasteiger partial charge in [-0.3, -0.25) is 0 Å². The van der Waals surface area contributed by atoms with Crippen LogP contribution < -0.4 is 0 Å². The number of ether oxygens (including phenoxy) is 1. The van der Waals surface area contributed by atoms with Gasteiger partial charge in [0.25, 0.3) is 0 Å². The van der Waals surface area contributed by atoms with Crippen molar-refractivity contribution in [3.63, 3.8) is 0 Å². The molecule has 0 aliphatic carbocycles. The quantitative estimate of drug-likeness (QED) is 0.427. The van der Waals surface area contributed by atoms with Gasteiger partial charge in [0.05, 0.1) is 0 Å². The Hall–Kier alpha value is 0.239. The molecule has 0 saturated heterocycles.